The van der Waals surface area contributed by atoms with Crippen molar-refractivity contribution in [2.75, 3.05) is 7.05 Å². The number of tetrazole rings is 1. The minimum atomic E-state index is 0.541. The highest BCUT2D eigenvalue weighted by atomic mass is 15.6. The molecule has 20 heavy (non-hydrogen) atoms. The van der Waals surface area contributed by atoms with Gasteiger partial charge in [-0.05, 0) is 12.3 Å². The molecule has 0 amide bonds. The van der Waals surface area contributed by atoms with Crippen molar-refractivity contribution < 1.29 is 0 Å². The molecular formula is C13H13N7. The molecule has 0 radical (unpaired) electrons. The summed E-state index contributed by atoms with van der Waals surface area (Å²) in [6, 6.07) is 9.68. The summed E-state index contributed by atoms with van der Waals surface area (Å²) in [4.78, 5) is 9.92. The van der Waals surface area contributed by atoms with Gasteiger partial charge in [-0.2, -0.15) is 0 Å². The van der Waals surface area contributed by atoms with Crippen molar-refractivity contribution in [1.29, 1.82) is 0 Å². The second kappa shape index (κ2) is 5.54. The van der Waals surface area contributed by atoms with Crippen LogP contribution in [-0.2, 0) is 6.54 Å². The molecule has 2 heterocycles. The third-order valence-corrected chi connectivity index (χ3v) is 2.70. The maximum Gasteiger partial charge on any atom is 0.205 e. The van der Waals surface area contributed by atoms with E-state index in [0.29, 0.717) is 18.2 Å². The highest BCUT2D eigenvalue weighted by Crippen LogP contribution is 2.12. The van der Waals surface area contributed by atoms with Crippen LogP contribution < -0.4 is 5.32 Å². The number of benzene rings is 1. The molecule has 0 aliphatic heterocycles. The molecule has 0 atom stereocenters. The number of nitrogens with one attached hydrogen (secondary N) is 1. The molecular weight excluding hydrogens is 254 g/mol. The maximum absolute atomic E-state index is 4.30. The average Bonchev–Trinajstić information content (AvgIpc) is 2.99. The molecule has 0 aliphatic rings. The Morgan fingerprint density at radius 3 is 2.65 bits per heavy atom. The summed E-state index contributed by atoms with van der Waals surface area (Å²) < 4.78 is 0. The van der Waals surface area contributed by atoms with Crippen LogP contribution in [0.3, 0.4) is 0 Å². The minimum absolute atomic E-state index is 0.541. The Morgan fingerprint density at radius 2 is 1.95 bits per heavy atom. The maximum atomic E-state index is 4.30. The van der Waals surface area contributed by atoms with Crippen LogP contribution in [0.5, 0.6) is 0 Å². The molecule has 0 saturated carbocycles. The fourth-order valence-electron chi connectivity index (χ4n) is 1.74. The SMILES string of the molecule is CNCc1cnc(-n2nnc(-c3ccccc3)n2)cn1. The first-order valence-electron chi connectivity index (χ1n) is 6.18. The van der Waals surface area contributed by atoms with Gasteiger partial charge in [0.2, 0.25) is 5.82 Å². The number of nitrogens with zero attached hydrogens (tertiary/aromatic N) is 6. The second-order valence-corrected chi connectivity index (χ2v) is 4.16. The molecule has 0 spiro atoms. The summed E-state index contributed by atoms with van der Waals surface area (Å²) in [5.41, 5.74) is 1.78. The normalized spacial score (nSPS) is 10.7. The summed E-state index contributed by atoms with van der Waals surface area (Å²) in [6.45, 7) is 0.674. The average molecular weight is 267 g/mol. The van der Waals surface area contributed by atoms with E-state index < -0.39 is 0 Å². The molecule has 7 heteroatoms. The van der Waals surface area contributed by atoms with Gasteiger partial charge in [0, 0.05) is 12.1 Å². The van der Waals surface area contributed by atoms with E-state index in [4.69, 9.17) is 0 Å². The van der Waals surface area contributed by atoms with Crippen LogP contribution in [0.1, 0.15) is 5.69 Å². The molecule has 0 fully saturated rings. The lowest BCUT2D eigenvalue weighted by Crippen LogP contribution is -2.09. The Labute approximate surface area is 115 Å². The summed E-state index contributed by atoms with van der Waals surface area (Å²) >= 11 is 0. The van der Waals surface area contributed by atoms with Gasteiger partial charge < -0.3 is 5.32 Å². The van der Waals surface area contributed by atoms with Gasteiger partial charge in [0.25, 0.3) is 0 Å². The van der Waals surface area contributed by atoms with E-state index in [1.54, 1.807) is 12.4 Å². The van der Waals surface area contributed by atoms with Crippen molar-refractivity contribution in [2.24, 2.45) is 0 Å². The smallest absolute Gasteiger partial charge is 0.205 e. The molecule has 0 aliphatic carbocycles. The molecule has 0 unspecified atom stereocenters. The predicted molar refractivity (Wildman–Crippen MR) is 72.9 cm³/mol. The molecule has 1 aromatic carbocycles. The third kappa shape index (κ3) is 2.52. The lowest BCUT2D eigenvalue weighted by molar-refractivity contribution is 0.690. The summed E-state index contributed by atoms with van der Waals surface area (Å²) in [7, 11) is 1.86. The first kappa shape index (κ1) is 12.4. The van der Waals surface area contributed by atoms with E-state index >= 15 is 0 Å². The lowest BCUT2D eigenvalue weighted by Gasteiger charge is -2.00. The predicted octanol–water partition coefficient (Wildman–Crippen LogP) is 0.839. The van der Waals surface area contributed by atoms with Crippen molar-refractivity contribution >= 4 is 0 Å². The Bertz CT molecular complexity index is 675. The topological polar surface area (TPSA) is 81.4 Å². The van der Waals surface area contributed by atoms with Crippen molar-refractivity contribution in [3.8, 4) is 17.2 Å². The lowest BCUT2D eigenvalue weighted by atomic mass is 10.2. The van der Waals surface area contributed by atoms with Gasteiger partial charge in [-0.25, -0.2) is 4.98 Å². The molecule has 3 rings (SSSR count). The van der Waals surface area contributed by atoms with E-state index in [-0.39, 0.29) is 0 Å². The van der Waals surface area contributed by atoms with Crippen molar-refractivity contribution in [2.45, 2.75) is 6.54 Å². The van der Waals surface area contributed by atoms with Crippen molar-refractivity contribution in [3.05, 3.63) is 48.4 Å². The van der Waals surface area contributed by atoms with Crippen LogP contribution in [0.25, 0.3) is 17.2 Å². The van der Waals surface area contributed by atoms with E-state index in [0.717, 1.165) is 11.3 Å². The Hall–Kier alpha value is -2.67. The molecule has 100 valence electrons. The first-order chi connectivity index (χ1) is 9.86. The molecule has 0 saturated heterocycles. The number of rotatable bonds is 4. The quantitative estimate of drug-likeness (QED) is 0.754. The van der Waals surface area contributed by atoms with E-state index in [1.807, 2.05) is 37.4 Å². The van der Waals surface area contributed by atoms with Gasteiger partial charge in [-0.15, -0.1) is 15.0 Å². The molecule has 0 bridgehead atoms. The van der Waals surface area contributed by atoms with Crippen LogP contribution in [0, 0.1) is 0 Å². The zero-order chi connectivity index (χ0) is 13.8. The molecule has 7 nitrogen and oxygen atoms in total. The van der Waals surface area contributed by atoms with Crippen molar-refractivity contribution in [3.63, 3.8) is 0 Å². The molecule has 1 N–H and O–H groups in total. The number of aromatic nitrogens is 6. The Balaban J connectivity index is 1.86. The Morgan fingerprint density at radius 1 is 1.10 bits per heavy atom. The molecule has 2 aromatic heterocycles. The van der Waals surface area contributed by atoms with Gasteiger partial charge in [-0.1, -0.05) is 30.3 Å². The van der Waals surface area contributed by atoms with Gasteiger partial charge in [0.1, 0.15) is 0 Å². The van der Waals surface area contributed by atoms with E-state index in [1.165, 1.54) is 4.80 Å². The highest BCUT2D eigenvalue weighted by molar-refractivity contribution is 5.53. The van der Waals surface area contributed by atoms with Crippen LogP contribution in [0.2, 0.25) is 0 Å². The monoisotopic (exact) mass is 267 g/mol. The first-order valence-corrected chi connectivity index (χ1v) is 6.18. The standard InChI is InChI=1S/C13H13N7/c1-14-7-11-8-16-12(9-15-11)20-18-13(17-19-20)10-5-3-2-4-6-10/h2-6,8-9,14H,7H2,1H3. The fourth-order valence-corrected chi connectivity index (χ4v) is 1.74. The highest BCUT2D eigenvalue weighted by Gasteiger charge is 2.08. The van der Waals surface area contributed by atoms with Crippen molar-refractivity contribution in [1.82, 2.24) is 35.5 Å². The summed E-state index contributed by atoms with van der Waals surface area (Å²) in [6.07, 6.45) is 3.32. The Kier molecular flexibility index (Phi) is 3.42. The largest absolute Gasteiger partial charge is 0.314 e. The van der Waals surface area contributed by atoms with Gasteiger partial charge in [0.05, 0.1) is 18.1 Å². The fraction of sp³-hybridized carbons (Fsp3) is 0.154. The summed E-state index contributed by atoms with van der Waals surface area (Å²) in [5, 5.41) is 15.3. The third-order valence-electron chi connectivity index (χ3n) is 2.70. The van der Waals surface area contributed by atoms with Gasteiger partial charge in [-0.3, -0.25) is 4.98 Å². The van der Waals surface area contributed by atoms with Gasteiger partial charge in [0.15, 0.2) is 5.82 Å². The second-order valence-electron chi connectivity index (χ2n) is 4.16. The summed E-state index contributed by atoms with van der Waals surface area (Å²) in [5.74, 6) is 1.10. The zero-order valence-corrected chi connectivity index (χ0v) is 10.9. The zero-order valence-electron chi connectivity index (χ0n) is 10.9. The van der Waals surface area contributed by atoms with Gasteiger partial charge >= 0.3 is 0 Å². The van der Waals surface area contributed by atoms with E-state index in [9.17, 15) is 0 Å². The van der Waals surface area contributed by atoms with E-state index in [2.05, 4.69) is 30.7 Å². The number of hydrogen-bond donors (Lipinski definition) is 1. The van der Waals surface area contributed by atoms with Crippen LogP contribution in [-0.4, -0.2) is 37.2 Å². The van der Waals surface area contributed by atoms with Crippen LogP contribution in [0.4, 0.5) is 0 Å². The number of hydrogen-bond acceptors (Lipinski definition) is 6. The van der Waals surface area contributed by atoms with Crippen LogP contribution in [0.15, 0.2) is 42.7 Å². The van der Waals surface area contributed by atoms with Crippen LogP contribution >= 0.6 is 0 Å². The minimum Gasteiger partial charge on any atom is -0.314 e. The molecule has 3 aromatic rings.